The van der Waals surface area contributed by atoms with Gasteiger partial charge in [-0.15, -0.1) is 5.10 Å². The van der Waals surface area contributed by atoms with E-state index in [9.17, 15) is 8.42 Å². The van der Waals surface area contributed by atoms with Crippen molar-refractivity contribution < 1.29 is 13.2 Å². The average molecular weight is 524 g/mol. The second-order valence-corrected chi connectivity index (χ2v) is 11.3. The predicted octanol–water partition coefficient (Wildman–Crippen LogP) is 3.73. The molecule has 4 aromatic heterocycles. The summed E-state index contributed by atoms with van der Waals surface area (Å²) in [5, 5.41) is 5.03. The number of hydrogen-bond donors (Lipinski definition) is 0. The van der Waals surface area contributed by atoms with Gasteiger partial charge in [0.2, 0.25) is 10.9 Å². The van der Waals surface area contributed by atoms with Crippen molar-refractivity contribution in [1.29, 1.82) is 0 Å². The molecule has 1 aliphatic heterocycles. The molecule has 0 fully saturated rings. The van der Waals surface area contributed by atoms with Gasteiger partial charge in [-0.1, -0.05) is 19.4 Å². The third-order valence-electron chi connectivity index (χ3n) is 5.64. The number of hydrogen-bond acceptors (Lipinski definition) is 10. The number of ether oxygens (including phenoxy) is 1. The fourth-order valence-corrected chi connectivity index (χ4v) is 5.08. The zero-order valence-electron chi connectivity index (χ0n) is 20.1. The van der Waals surface area contributed by atoms with E-state index in [1.807, 2.05) is 36.5 Å². The normalized spacial score (nSPS) is 14.8. The summed E-state index contributed by atoms with van der Waals surface area (Å²) in [6.45, 7) is 4.77. The van der Waals surface area contributed by atoms with Crippen LogP contribution in [0.5, 0.6) is 5.19 Å². The summed E-state index contributed by atoms with van der Waals surface area (Å²) in [4.78, 5) is 20.2. The van der Waals surface area contributed by atoms with Crippen molar-refractivity contribution in [2.24, 2.45) is 0 Å². The van der Waals surface area contributed by atoms with Gasteiger partial charge in [-0.2, -0.15) is 0 Å². The molecule has 5 rings (SSSR count). The van der Waals surface area contributed by atoms with Crippen LogP contribution in [0.25, 0.3) is 16.2 Å². The molecule has 36 heavy (non-hydrogen) atoms. The fourth-order valence-electron chi connectivity index (χ4n) is 3.71. The maximum Gasteiger partial charge on any atom is 0.294 e. The fraction of sp³-hybridized carbons (Fsp3) is 0.292. The van der Waals surface area contributed by atoms with Crippen molar-refractivity contribution in [2.75, 3.05) is 17.7 Å². The Bertz CT molecular complexity index is 1510. The average Bonchev–Trinajstić information content (AvgIpc) is 3.43. The van der Waals surface area contributed by atoms with E-state index in [1.54, 1.807) is 16.8 Å². The zero-order chi connectivity index (χ0) is 25.3. The number of aryl methyl sites for hydroxylation is 1. The van der Waals surface area contributed by atoms with Gasteiger partial charge in [0.05, 0.1) is 11.9 Å². The molecule has 4 aromatic rings. The maximum atomic E-state index is 11.6. The Morgan fingerprint density at radius 2 is 1.97 bits per heavy atom. The van der Waals surface area contributed by atoms with Crippen molar-refractivity contribution in [3.63, 3.8) is 0 Å². The lowest BCUT2D eigenvalue weighted by Gasteiger charge is -2.23. The molecular formula is C24H25N7O3S2. The van der Waals surface area contributed by atoms with Gasteiger partial charge in [0.15, 0.2) is 14.9 Å². The summed E-state index contributed by atoms with van der Waals surface area (Å²) in [6.07, 6.45) is 16.1. The molecule has 0 unspecified atom stereocenters. The number of rotatable bonds is 8. The Hall–Kier alpha value is -3.64. The van der Waals surface area contributed by atoms with Crippen LogP contribution in [0.3, 0.4) is 0 Å². The minimum Gasteiger partial charge on any atom is -0.461 e. The van der Waals surface area contributed by atoms with Crippen LogP contribution in [0.2, 0.25) is 0 Å². The third kappa shape index (κ3) is 5.14. The highest BCUT2D eigenvalue weighted by Crippen LogP contribution is 2.28. The minimum atomic E-state index is -3.34. The second-order valence-electron chi connectivity index (χ2n) is 8.45. The number of imidazole rings is 1. The molecule has 5 heterocycles. The van der Waals surface area contributed by atoms with E-state index in [1.165, 1.54) is 23.6 Å². The third-order valence-corrected chi connectivity index (χ3v) is 7.46. The van der Waals surface area contributed by atoms with Gasteiger partial charge < -0.3 is 9.64 Å². The van der Waals surface area contributed by atoms with Crippen LogP contribution in [0.1, 0.15) is 25.8 Å². The van der Waals surface area contributed by atoms with E-state index in [4.69, 9.17) is 4.74 Å². The van der Waals surface area contributed by atoms with Gasteiger partial charge >= 0.3 is 0 Å². The van der Waals surface area contributed by atoms with Gasteiger partial charge in [-0.05, 0) is 54.0 Å². The number of fused-ring (bicyclic) bond motifs is 1. The van der Waals surface area contributed by atoms with Crippen LogP contribution >= 0.6 is 11.3 Å². The number of nitrogens with zero attached hydrogens (tertiary/aromatic N) is 7. The lowest BCUT2D eigenvalue weighted by Crippen LogP contribution is -2.24. The van der Waals surface area contributed by atoms with Crippen LogP contribution in [0.15, 0.2) is 65.9 Å². The lowest BCUT2D eigenvalue weighted by molar-refractivity contribution is 0.256. The first kappa shape index (κ1) is 24.1. The number of aromatic nitrogens is 6. The molecule has 0 aromatic carbocycles. The number of anilines is 1. The number of sulfone groups is 1. The van der Waals surface area contributed by atoms with Crippen LogP contribution in [-0.2, 0) is 16.3 Å². The predicted molar refractivity (Wildman–Crippen MR) is 138 cm³/mol. The van der Waals surface area contributed by atoms with Crippen molar-refractivity contribution in [1.82, 2.24) is 29.5 Å². The molecule has 1 atom stereocenters. The molecule has 0 amide bonds. The van der Waals surface area contributed by atoms with Crippen LogP contribution in [0, 0.1) is 0 Å². The Kier molecular flexibility index (Phi) is 6.54. The Morgan fingerprint density at radius 3 is 2.58 bits per heavy atom. The smallest absolute Gasteiger partial charge is 0.294 e. The summed E-state index contributed by atoms with van der Waals surface area (Å²) in [5.74, 6) is 0.674. The molecule has 1 aliphatic rings. The Morgan fingerprint density at radius 1 is 1.17 bits per heavy atom. The van der Waals surface area contributed by atoms with E-state index in [0.29, 0.717) is 33.9 Å². The lowest BCUT2D eigenvalue weighted by atomic mass is 10.1. The van der Waals surface area contributed by atoms with Crippen molar-refractivity contribution in [2.45, 2.75) is 37.8 Å². The van der Waals surface area contributed by atoms with Gasteiger partial charge in [-0.25, -0.2) is 32.9 Å². The van der Waals surface area contributed by atoms with Crippen molar-refractivity contribution >= 4 is 32.1 Å². The highest BCUT2D eigenvalue weighted by Gasteiger charge is 2.18. The van der Waals surface area contributed by atoms with Gasteiger partial charge in [0.1, 0.15) is 6.10 Å². The molecule has 0 spiro atoms. The summed E-state index contributed by atoms with van der Waals surface area (Å²) >= 11 is 1.34. The zero-order valence-corrected chi connectivity index (χ0v) is 21.7. The standard InChI is InChI=1S/C24H25N7O3S2/c1-4-5-17-12-26-22(27-13-17)30-10-8-18(9-11-30)16(2)34-24-29-31-15-20(28-23(31)35-24)19-6-7-21(25-14-19)36(3,32)33/h6-10,12-16H,4-5,11H2,1-3H3/t16-/m1/s1. The first-order valence-corrected chi connectivity index (χ1v) is 14.2. The van der Waals surface area contributed by atoms with Crippen LogP contribution in [-0.4, -0.2) is 56.9 Å². The van der Waals surface area contributed by atoms with Crippen LogP contribution < -0.4 is 9.64 Å². The molecule has 0 N–H and O–H groups in total. The van der Waals surface area contributed by atoms with E-state index < -0.39 is 9.84 Å². The highest BCUT2D eigenvalue weighted by atomic mass is 32.2. The summed E-state index contributed by atoms with van der Waals surface area (Å²) < 4.78 is 31.0. The van der Waals surface area contributed by atoms with E-state index in [2.05, 4.69) is 38.0 Å². The first-order valence-electron chi connectivity index (χ1n) is 11.5. The van der Waals surface area contributed by atoms with E-state index >= 15 is 0 Å². The maximum absolute atomic E-state index is 11.6. The molecule has 12 heteroatoms. The number of pyridine rings is 1. The van der Waals surface area contributed by atoms with Gasteiger partial charge in [0.25, 0.3) is 5.19 Å². The Labute approximate surface area is 212 Å². The quantitative estimate of drug-likeness (QED) is 0.341. The Balaban J connectivity index is 1.22. The summed E-state index contributed by atoms with van der Waals surface area (Å²) in [5.41, 5.74) is 3.55. The van der Waals surface area contributed by atoms with Crippen molar-refractivity contribution in [3.05, 3.63) is 66.4 Å². The molecule has 186 valence electrons. The summed E-state index contributed by atoms with van der Waals surface area (Å²) in [6, 6.07) is 3.16. The van der Waals surface area contributed by atoms with Gasteiger partial charge in [-0.3, -0.25) is 0 Å². The summed E-state index contributed by atoms with van der Waals surface area (Å²) in [7, 11) is -3.34. The molecule has 10 nitrogen and oxygen atoms in total. The van der Waals surface area contributed by atoms with Gasteiger partial charge in [0, 0.05) is 43.2 Å². The monoisotopic (exact) mass is 523 g/mol. The SMILES string of the molecule is CCCc1cnc(N2C=CC([C@@H](C)Oc3nn4cc(-c5ccc(S(C)(=O)=O)nc5)nc4s3)=CC2)nc1. The largest absolute Gasteiger partial charge is 0.461 e. The highest BCUT2D eigenvalue weighted by molar-refractivity contribution is 7.90. The molecule has 0 saturated heterocycles. The van der Waals surface area contributed by atoms with E-state index in [-0.39, 0.29) is 11.1 Å². The second kappa shape index (κ2) is 9.78. The molecular weight excluding hydrogens is 498 g/mol. The van der Waals surface area contributed by atoms with Crippen LogP contribution in [0.4, 0.5) is 5.95 Å². The van der Waals surface area contributed by atoms with E-state index in [0.717, 1.165) is 30.2 Å². The minimum absolute atomic E-state index is 0.0293. The topological polar surface area (TPSA) is 115 Å². The van der Waals surface area contributed by atoms with Crippen molar-refractivity contribution in [3.8, 4) is 16.5 Å². The first-order chi connectivity index (χ1) is 17.3. The molecule has 0 aliphatic carbocycles. The molecule has 0 radical (unpaired) electrons. The molecule has 0 saturated carbocycles. The molecule has 0 bridgehead atoms.